The second-order valence-electron chi connectivity index (χ2n) is 3.90. The molecule has 1 aromatic carbocycles. The molecule has 0 saturated carbocycles. The fourth-order valence-electron chi connectivity index (χ4n) is 0.986. The van der Waals surface area contributed by atoms with Crippen molar-refractivity contribution in [2.45, 2.75) is 19.4 Å². The van der Waals surface area contributed by atoms with Crippen LogP contribution in [0.3, 0.4) is 0 Å². The van der Waals surface area contributed by atoms with Crippen LogP contribution in [0.4, 0.5) is 4.39 Å². The molecule has 1 aromatic rings. The number of amides is 1. The standard InChI is InChI=1S/C11H13FNO2/c1-11(2,15)7-13-10(14)8-5-3-4-6-9(8)12/h3,5-6,15H,7H2,1-2H3,(H,13,14). The van der Waals surface area contributed by atoms with Crippen LogP contribution in [0.25, 0.3) is 0 Å². The molecule has 0 unspecified atom stereocenters. The number of rotatable bonds is 3. The van der Waals surface area contributed by atoms with E-state index in [4.69, 9.17) is 0 Å². The molecule has 0 bridgehead atoms. The van der Waals surface area contributed by atoms with Crippen molar-refractivity contribution in [2.75, 3.05) is 6.54 Å². The van der Waals surface area contributed by atoms with E-state index in [1.807, 2.05) is 0 Å². The Kier molecular flexibility index (Phi) is 3.42. The van der Waals surface area contributed by atoms with Crippen molar-refractivity contribution in [2.24, 2.45) is 0 Å². The first-order valence-electron chi connectivity index (χ1n) is 4.56. The Balaban J connectivity index is 2.66. The van der Waals surface area contributed by atoms with Gasteiger partial charge in [0.1, 0.15) is 5.82 Å². The minimum absolute atomic E-state index is 0.0435. The molecule has 4 heteroatoms. The third-order valence-corrected chi connectivity index (χ3v) is 1.74. The zero-order chi connectivity index (χ0) is 11.5. The van der Waals surface area contributed by atoms with Crippen LogP contribution in [0, 0.1) is 11.9 Å². The van der Waals surface area contributed by atoms with Gasteiger partial charge in [0.15, 0.2) is 0 Å². The Morgan fingerprint density at radius 2 is 2.33 bits per heavy atom. The zero-order valence-electron chi connectivity index (χ0n) is 8.67. The molecule has 0 aliphatic rings. The summed E-state index contributed by atoms with van der Waals surface area (Å²) < 4.78 is 13.1. The van der Waals surface area contributed by atoms with Gasteiger partial charge in [0.25, 0.3) is 5.91 Å². The monoisotopic (exact) mass is 210 g/mol. The molecule has 0 atom stereocenters. The summed E-state index contributed by atoms with van der Waals surface area (Å²) in [5, 5.41) is 11.8. The quantitative estimate of drug-likeness (QED) is 0.785. The van der Waals surface area contributed by atoms with E-state index in [2.05, 4.69) is 11.4 Å². The number of halogens is 1. The number of carbonyl (C=O) groups is 1. The van der Waals surface area contributed by atoms with Crippen LogP contribution < -0.4 is 5.32 Å². The Morgan fingerprint density at radius 3 is 2.87 bits per heavy atom. The Labute approximate surface area is 87.9 Å². The topological polar surface area (TPSA) is 49.3 Å². The van der Waals surface area contributed by atoms with Crippen LogP contribution >= 0.6 is 0 Å². The molecule has 1 radical (unpaired) electrons. The number of carbonyl (C=O) groups excluding carboxylic acids is 1. The molecule has 0 aliphatic heterocycles. The van der Waals surface area contributed by atoms with Crippen LogP contribution in [-0.2, 0) is 0 Å². The maximum Gasteiger partial charge on any atom is 0.254 e. The van der Waals surface area contributed by atoms with Crippen molar-refractivity contribution in [1.82, 2.24) is 5.32 Å². The minimum Gasteiger partial charge on any atom is -0.389 e. The maximum absolute atomic E-state index is 13.1. The summed E-state index contributed by atoms with van der Waals surface area (Å²) in [6, 6.07) is 6.42. The minimum atomic E-state index is -1.01. The van der Waals surface area contributed by atoms with E-state index in [1.165, 1.54) is 12.1 Å². The average Bonchev–Trinajstić information content (AvgIpc) is 2.14. The fraction of sp³-hybridized carbons (Fsp3) is 0.364. The van der Waals surface area contributed by atoms with Crippen LogP contribution in [0.5, 0.6) is 0 Å². The van der Waals surface area contributed by atoms with Gasteiger partial charge in [-0.05, 0) is 32.0 Å². The lowest BCUT2D eigenvalue weighted by molar-refractivity contribution is 0.0692. The number of aliphatic hydroxyl groups is 1. The molecule has 0 fully saturated rings. The van der Waals surface area contributed by atoms with Gasteiger partial charge in [-0.15, -0.1) is 0 Å². The van der Waals surface area contributed by atoms with E-state index in [0.717, 1.165) is 6.07 Å². The van der Waals surface area contributed by atoms with Gasteiger partial charge in [0, 0.05) is 6.54 Å². The van der Waals surface area contributed by atoms with Crippen molar-refractivity contribution < 1.29 is 14.3 Å². The second-order valence-corrected chi connectivity index (χ2v) is 3.90. The number of hydrogen-bond donors (Lipinski definition) is 2. The average molecular weight is 210 g/mol. The van der Waals surface area contributed by atoms with Gasteiger partial charge < -0.3 is 10.4 Å². The molecule has 2 N–H and O–H groups in total. The molecule has 0 aliphatic carbocycles. The van der Waals surface area contributed by atoms with Gasteiger partial charge >= 0.3 is 0 Å². The predicted molar refractivity (Wildman–Crippen MR) is 53.9 cm³/mol. The van der Waals surface area contributed by atoms with Gasteiger partial charge in [-0.2, -0.15) is 0 Å². The van der Waals surface area contributed by atoms with Crippen molar-refractivity contribution in [3.05, 3.63) is 35.6 Å². The summed E-state index contributed by atoms with van der Waals surface area (Å²) in [4.78, 5) is 11.4. The van der Waals surface area contributed by atoms with Crippen LogP contribution in [-0.4, -0.2) is 23.2 Å². The van der Waals surface area contributed by atoms with Gasteiger partial charge in [-0.3, -0.25) is 4.79 Å². The maximum atomic E-state index is 13.1. The first-order chi connectivity index (χ1) is 6.90. The Bertz CT molecular complexity index is 358. The smallest absolute Gasteiger partial charge is 0.254 e. The van der Waals surface area contributed by atoms with Gasteiger partial charge in [-0.25, -0.2) is 4.39 Å². The van der Waals surface area contributed by atoms with Crippen molar-refractivity contribution in [1.29, 1.82) is 0 Å². The van der Waals surface area contributed by atoms with E-state index in [-0.39, 0.29) is 12.1 Å². The van der Waals surface area contributed by atoms with Crippen molar-refractivity contribution >= 4 is 5.91 Å². The molecule has 0 saturated heterocycles. The molecule has 81 valence electrons. The summed E-state index contributed by atoms with van der Waals surface area (Å²) in [6.07, 6.45) is 0. The second kappa shape index (κ2) is 4.40. The summed E-state index contributed by atoms with van der Waals surface area (Å²) in [5.41, 5.74) is -1.05. The zero-order valence-corrected chi connectivity index (χ0v) is 8.67. The lowest BCUT2D eigenvalue weighted by Crippen LogP contribution is -2.38. The highest BCUT2D eigenvalue weighted by atomic mass is 19.1. The molecule has 0 heterocycles. The third-order valence-electron chi connectivity index (χ3n) is 1.74. The lowest BCUT2D eigenvalue weighted by atomic mass is 10.1. The van der Waals surface area contributed by atoms with Crippen molar-refractivity contribution in [3.8, 4) is 0 Å². The van der Waals surface area contributed by atoms with Crippen molar-refractivity contribution in [3.63, 3.8) is 0 Å². The first-order valence-corrected chi connectivity index (χ1v) is 4.56. The highest BCUT2D eigenvalue weighted by Gasteiger charge is 2.16. The Morgan fingerprint density at radius 1 is 1.67 bits per heavy atom. The van der Waals surface area contributed by atoms with E-state index in [9.17, 15) is 14.3 Å². The predicted octanol–water partition coefficient (Wildman–Crippen LogP) is 1.13. The van der Waals surface area contributed by atoms with Crippen LogP contribution in [0.2, 0.25) is 0 Å². The van der Waals surface area contributed by atoms with E-state index >= 15 is 0 Å². The normalized spacial score (nSPS) is 11.2. The highest BCUT2D eigenvalue weighted by Crippen LogP contribution is 2.06. The van der Waals surface area contributed by atoms with Crippen LogP contribution in [0.15, 0.2) is 18.2 Å². The lowest BCUT2D eigenvalue weighted by Gasteiger charge is -2.17. The molecule has 15 heavy (non-hydrogen) atoms. The summed E-state index contributed by atoms with van der Waals surface area (Å²) in [6.45, 7) is 3.19. The third kappa shape index (κ3) is 3.67. The Hall–Kier alpha value is -1.42. The van der Waals surface area contributed by atoms with E-state index < -0.39 is 17.3 Å². The number of benzene rings is 1. The summed E-state index contributed by atoms with van der Waals surface area (Å²) in [5.74, 6) is -1.16. The number of hydrogen-bond acceptors (Lipinski definition) is 2. The van der Waals surface area contributed by atoms with Crippen LogP contribution in [0.1, 0.15) is 24.2 Å². The highest BCUT2D eigenvalue weighted by molar-refractivity contribution is 5.94. The molecule has 3 nitrogen and oxygen atoms in total. The molecule has 0 spiro atoms. The molecule has 1 rings (SSSR count). The molecule has 0 aromatic heterocycles. The number of nitrogens with one attached hydrogen (secondary N) is 1. The molecular formula is C11H13FNO2. The van der Waals surface area contributed by atoms with E-state index in [0.29, 0.717) is 0 Å². The first kappa shape index (κ1) is 11.7. The van der Waals surface area contributed by atoms with E-state index in [1.54, 1.807) is 13.8 Å². The summed E-state index contributed by atoms with van der Waals surface area (Å²) >= 11 is 0. The largest absolute Gasteiger partial charge is 0.389 e. The van der Waals surface area contributed by atoms with Gasteiger partial charge in [0.05, 0.1) is 11.2 Å². The molecule has 1 amide bonds. The SMILES string of the molecule is CC(C)(O)CNC(=O)c1cc[c]cc1F. The molecular weight excluding hydrogens is 197 g/mol. The van der Waals surface area contributed by atoms with Gasteiger partial charge in [-0.1, -0.05) is 6.07 Å². The fourth-order valence-corrected chi connectivity index (χ4v) is 0.986. The van der Waals surface area contributed by atoms with Gasteiger partial charge in [0.2, 0.25) is 0 Å². The summed E-state index contributed by atoms with van der Waals surface area (Å²) in [7, 11) is 0.